The predicted octanol–water partition coefficient (Wildman–Crippen LogP) is 1.70. The van der Waals surface area contributed by atoms with E-state index in [4.69, 9.17) is 15.3 Å². The molecule has 0 spiro atoms. The van der Waals surface area contributed by atoms with E-state index in [9.17, 15) is 9.90 Å². The maximum atomic E-state index is 10.5. The van der Waals surface area contributed by atoms with Crippen LogP contribution in [0.2, 0.25) is 0 Å². The Hall–Kier alpha value is -2.77. The van der Waals surface area contributed by atoms with E-state index in [2.05, 4.69) is 10.6 Å². The normalized spacial score (nSPS) is 11.1. The smallest absolute Gasteiger partial charge is 0.221 e. The zero-order chi connectivity index (χ0) is 18.1. The standard InChI is InChI=1S/C9H13NO3.C8H9NO2/c1-10-5-9(13)6-2-3-7(11)8(12)4-6;1-6(10)9-7-2-4-8(11)5-3-7/h2-4,9-13H,5H2,1H3;2-5,11H,1H3,(H,9,10)/t9-;/m0./s1. The first-order valence-corrected chi connectivity index (χ1v) is 7.24. The summed E-state index contributed by atoms with van der Waals surface area (Å²) in [6, 6.07) is 10.6. The number of phenols is 3. The lowest BCUT2D eigenvalue weighted by atomic mass is 10.1. The lowest BCUT2D eigenvalue weighted by Crippen LogP contribution is -2.16. The minimum atomic E-state index is -0.670. The van der Waals surface area contributed by atoms with E-state index in [0.29, 0.717) is 17.8 Å². The topological polar surface area (TPSA) is 122 Å². The number of amides is 1. The largest absolute Gasteiger partial charge is 0.508 e. The molecule has 0 unspecified atom stereocenters. The Kier molecular flexibility index (Phi) is 7.54. The van der Waals surface area contributed by atoms with Crippen molar-refractivity contribution in [2.45, 2.75) is 13.0 Å². The molecule has 0 bridgehead atoms. The highest BCUT2D eigenvalue weighted by molar-refractivity contribution is 5.88. The van der Waals surface area contributed by atoms with Gasteiger partial charge in [0.1, 0.15) is 5.75 Å². The molecule has 2 aromatic rings. The predicted molar refractivity (Wildman–Crippen MR) is 91.1 cm³/mol. The first-order valence-electron chi connectivity index (χ1n) is 7.24. The molecular weight excluding hydrogens is 312 g/mol. The van der Waals surface area contributed by atoms with Gasteiger partial charge in [0, 0.05) is 19.2 Å². The fourth-order valence-electron chi connectivity index (χ4n) is 1.81. The van der Waals surface area contributed by atoms with Crippen molar-refractivity contribution < 1.29 is 25.2 Å². The second-order valence-electron chi connectivity index (χ2n) is 5.05. The van der Waals surface area contributed by atoms with Crippen LogP contribution in [0, 0.1) is 0 Å². The van der Waals surface area contributed by atoms with Crippen LogP contribution in [0.4, 0.5) is 5.69 Å². The maximum absolute atomic E-state index is 10.5. The van der Waals surface area contributed by atoms with Crippen LogP contribution in [0.1, 0.15) is 18.6 Å². The number of hydrogen-bond donors (Lipinski definition) is 6. The molecule has 0 aliphatic heterocycles. The van der Waals surface area contributed by atoms with Crippen molar-refractivity contribution in [2.75, 3.05) is 18.9 Å². The van der Waals surface area contributed by atoms with Crippen molar-refractivity contribution in [1.82, 2.24) is 5.32 Å². The molecule has 0 saturated carbocycles. The van der Waals surface area contributed by atoms with Gasteiger partial charge in [-0.3, -0.25) is 4.79 Å². The van der Waals surface area contributed by atoms with Gasteiger partial charge >= 0.3 is 0 Å². The number of carbonyl (C=O) groups excluding carboxylic acids is 1. The van der Waals surface area contributed by atoms with Crippen LogP contribution in [-0.4, -0.2) is 39.9 Å². The molecule has 7 heteroatoms. The van der Waals surface area contributed by atoms with Crippen LogP contribution in [0.25, 0.3) is 0 Å². The molecule has 24 heavy (non-hydrogen) atoms. The minimum Gasteiger partial charge on any atom is -0.508 e. The number of rotatable bonds is 4. The molecule has 2 rings (SSSR count). The molecule has 0 aromatic heterocycles. The van der Waals surface area contributed by atoms with Crippen LogP contribution in [0.5, 0.6) is 17.2 Å². The van der Waals surface area contributed by atoms with Crippen molar-refractivity contribution in [3.63, 3.8) is 0 Å². The summed E-state index contributed by atoms with van der Waals surface area (Å²) in [5, 5.41) is 41.9. The monoisotopic (exact) mass is 334 g/mol. The molecule has 0 heterocycles. The number of anilines is 1. The SMILES string of the molecule is CC(=O)Nc1ccc(O)cc1.CNC[C@H](O)c1ccc(O)c(O)c1. The van der Waals surface area contributed by atoms with Crippen LogP contribution in [0.3, 0.4) is 0 Å². The third kappa shape index (κ3) is 6.55. The third-order valence-electron chi connectivity index (χ3n) is 2.97. The number of nitrogens with one attached hydrogen (secondary N) is 2. The molecule has 0 aliphatic rings. The Morgan fingerprint density at radius 1 is 1.04 bits per heavy atom. The van der Waals surface area contributed by atoms with E-state index in [-0.39, 0.29) is 23.2 Å². The van der Waals surface area contributed by atoms with Gasteiger partial charge in [-0.05, 0) is 49.0 Å². The summed E-state index contributed by atoms with van der Waals surface area (Å²) in [4.78, 5) is 10.5. The number of benzene rings is 2. The van der Waals surface area contributed by atoms with Crippen LogP contribution >= 0.6 is 0 Å². The van der Waals surface area contributed by atoms with Gasteiger partial charge < -0.3 is 31.1 Å². The molecular formula is C17H22N2O5. The van der Waals surface area contributed by atoms with E-state index >= 15 is 0 Å². The highest BCUT2D eigenvalue weighted by Gasteiger charge is 2.08. The molecule has 0 radical (unpaired) electrons. The van der Waals surface area contributed by atoms with Crippen molar-refractivity contribution >= 4 is 11.6 Å². The highest BCUT2D eigenvalue weighted by Crippen LogP contribution is 2.27. The number of aliphatic hydroxyl groups is 1. The maximum Gasteiger partial charge on any atom is 0.221 e. The molecule has 0 aliphatic carbocycles. The van der Waals surface area contributed by atoms with Crippen molar-refractivity contribution in [1.29, 1.82) is 0 Å². The van der Waals surface area contributed by atoms with Crippen LogP contribution in [-0.2, 0) is 4.79 Å². The van der Waals surface area contributed by atoms with E-state index in [1.807, 2.05) is 0 Å². The molecule has 6 N–H and O–H groups in total. The lowest BCUT2D eigenvalue weighted by Gasteiger charge is -2.10. The number of likely N-dealkylation sites (N-methyl/N-ethyl adjacent to an activating group) is 1. The van der Waals surface area contributed by atoms with Gasteiger partial charge in [0.2, 0.25) is 5.91 Å². The van der Waals surface area contributed by atoms with Gasteiger partial charge in [-0.15, -0.1) is 0 Å². The first kappa shape index (κ1) is 19.3. The summed E-state index contributed by atoms with van der Waals surface area (Å²) in [5.74, 6) is -0.317. The molecule has 1 atom stereocenters. The van der Waals surface area contributed by atoms with E-state index in [0.717, 1.165) is 0 Å². The average Bonchev–Trinajstić information content (AvgIpc) is 2.53. The number of aromatic hydroxyl groups is 3. The van der Waals surface area contributed by atoms with E-state index in [1.54, 1.807) is 25.2 Å². The van der Waals surface area contributed by atoms with Gasteiger partial charge in [0.25, 0.3) is 0 Å². The zero-order valence-corrected chi connectivity index (χ0v) is 13.5. The summed E-state index contributed by atoms with van der Waals surface area (Å²) in [7, 11) is 1.73. The fraction of sp³-hybridized carbons (Fsp3) is 0.235. The number of aliphatic hydroxyl groups excluding tert-OH is 1. The Morgan fingerprint density at radius 3 is 2.17 bits per heavy atom. The molecule has 0 saturated heterocycles. The van der Waals surface area contributed by atoms with Gasteiger partial charge in [-0.25, -0.2) is 0 Å². The van der Waals surface area contributed by atoms with Crippen molar-refractivity contribution in [2.24, 2.45) is 0 Å². The average molecular weight is 334 g/mol. The summed E-state index contributed by atoms with van der Waals surface area (Å²) < 4.78 is 0. The van der Waals surface area contributed by atoms with E-state index in [1.165, 1.54) is 31.2 Å². The van der Waals surface area contributed by atoms with Crippen LogP contribution < -0.4 is 10.6 Å². The summed E-state index contributed by atoms with van der Waals surface area (Å²) in [6.07, 6.45) is -0.670. The van der Waals surface area contributed by atoms with Gasteiger partial charge in [0.05, 0.1) is 6.10 Å². The highest BCUT2D eigenvalue weighted by atomic mass is 16.3. The van der Waals surface area contributed by atoms with Crippen LogP contribution in [0.15, 0.2) is 42.5 Å². The Labute approximate surface area is 140 Å². The van der Waals surface area contributed by atoms with Gasteiger partial charge in [-0.1, -0.05) is 6.07 Å². The van der Waals surface area contributed by atoms with E-state index < -0.39 is 6.10 Å². The third-order valence-corrected chi connectivity index (χ3v) is 2.97. The number of carbonyl (C=O) groups is 1. The second-order valence-corrected chi connectivity index (χ2v) is 5.05. The Balaban J connectivity index is 0.000000243. The summed E-state index contributed by atoms with van der Waals surface area (Å²) in [5.41, 5.74) is 1.26. The number of hydrogen-bond acceptors (Lipinski definition) is 6. The molecule has 0 fully saturated rings. The van der Waals surface area contributed by atoms with Gasteiger partial charge in [0.15, 0.2) is 11.5 Å². The molecule has 2 aromatic carbocycles. The zero-order valence-electron chi connectivity index (χ0n) is 13.5. The summed E-state index contributed by atoms with van der Waals surface area (Å²) in [6.45, 7) is 1.84. The molecule has 1 amide bonds. The molecule has 130 valence electrons. The minimum absolute atomic E-state index is 0.115. The fourth-order valence-corrected chi connectivity index (χ4v) is 1.81. The Bertz CT molecular complexity index is 659. The second kappa shape index (κ2) is 9.39. The summed E-state index contributed by atoms with van der Waals surface area (Å²) >= 11 is 0. The number of phenolic OH excluding ortho intramolecular Hbond substituents is 3. The molecule has 7 nitrogen and oxygen atoms in total. The van der Waals surface area contributed by atoms with Crippen molar-refractivity contribution in [3.05, 3.63) is 48.0 Å². The Morgan fingerprint density at radius 2 is 1.67 bits per heavy atom. The van der Waals surface area contributed by atoms with Crippen molar-refractivity contribution in [3.8, 4) is 17.2 Å². The van der Waals surface area contributed by atoms with Gasteiger partial charge in [-0.2, -0.15) is 0 Å². The quantitative estimate of drug-likeness (QED) is 0.374. The lowest BCUT2D eigenvalue weighted by molar-refractivity contribution is -0.114. The first-order chi connectivity index (χ1) is 11.3.